The Hall–Kier alpha value is -0.380. The molecular weight excluding hydrogens is 204 g/mol. The van der Waals surface area contributed by atoms with E-state index >= 15 is 0 Å². The number of rotatable bonds is 2. The Morgan fingerprint density at radius 1 is 1.44 bits per heavy atom. The molecule has 3 saturated heterocycles. The molecule has 0 amide bonds. The lowest BCUT2D eigenvalue weighted by Gasteiger charge is -2.42. The van der Waals surface area contributed by atoms with Crippen LogP contribution in [0, 0.1) is 0 Å². The van der Waals surface area contributed by atoms with Crippen molar-refractivity contribution in [1.82, 2.24) is 0 Å². The molecule has 0 aliphatic carbocycles. The second kappa shape index (κ2) is 3.83. The monoisotopic (exact) mass is 224 g/mol. The molecule has 3 rings (SSSR count). The minimum absolute atomic E-state index is 0.138. The molecule has 0 aromatic carbocycles. The summed E-state index contributed by atoms with van der Waals surface area (Å²) in [6.45, 7) is 7.49. The Balaban J connectivity index is 1.73. The summed E-state index contributed by atoms with van der Waals surface area (Å²) in [5.74, 6) is 0. The topological polar surface area (TPSA) is 27.7 Å². The van der Waals surface area contributed by atoms with E-state index in [9.17, 15) is 0 Å². The smallest absolute Gasteiger partial charge is 0.120 e. The maximum atomic E-state index is 6.27. The molecule has 0 N–H and O–H groups in total. The number of fused-ring (bicyclic) bond motifs is 1. The summed E-state index contributed by atoms with van der Waals surface area (Å²) < 4.78 is 17.8. The van der Waals surface area contributed by atoms with Crippen molar-refractivity contribution in [3.05, 3.63) is 12.2 Å². The van der Waals surface area contributed by atoms with Crippen molar-refractivity contribution in [3.8, 4) is 0 Å². The molecule has 0 radical (unpaired) electrons. The highest BCUT2D eigenvalue weighted by Crippen LogP contribution is 2.45. The van der Waals surface area contributed by atoms with Crippen LogP contribution in [0.2, 0.25) is 0 Å². The molecule has 0 aromatic rings. The van der Waals surface area contributed by atoms with E-state index in [0.29, 0.717) is 12.7 Å². The highest BCUT2D eigenvalue weighted by atomic mass is 16.6. The first-order chi connectivity index (χ1) is 7.68. The second-order valence-electron chi connectivity index (χ2n) is 5.51. The fraction of sp³-hybridized carbons (Fsp3) is 0.846. The van der Waals surface area contributed by atoms with Gasteiger partial charge in [-0.1, -0.05) is 5.57 Å². The predicted octanol–water partition coefficient (Wildman–Crippen LogP) is 2.06. The van der Waals surface area contributed by atoms with Gasteiger partial charge in [0.25, 0.3) is 0 Å². The first-order valence-corrected chi connectivity index (χ1v) is 6.23. The Labute approximate surface area is 96.8 Å². The van der Waals surface area contributed by atoms with Crippen LogP contribution in [0.25, 0.3) is 0 Å². The molecule has 3 nitrogen and oxygen atoms in total. The number of hydrogen-bond acceptors (Lipinski definition) is 3. The first kappa shape index (κ1) is 10.8. The van der Waals surface area contributed by atoms with E-state index < -0.39 is 0 Å². The zero-order valence-corrected chi connectivity index (χ0v) is 9.91. The maximum Gasteiger partial charge on any atom is 0.120 e. The van der Waals surface area contributed by atoms with Crippen LogP contribution in [-0.2, 0) is 14.2 Å². The minimum atomic E-state index is -0.138. The Morgan fingerprint density at radius 2 is 2.31 bits per heavy atom. The van der Waals surface area contributed by atoms with Crippen molar-refractivity contribution in [2.24, 2.45) is 0 Å². The fourth-order valence-corrected chi connectivity index (χ4v) is 3.28. The Bertz CT molecular complexity index is 302. The van der Waals surface area contributed by atoms with E-state index in [2.05, 4.69) is 13.5 Å². The van der Waals surface area contributed by atoms with Crippen molar-refractivity contribution in [1.29, 1.82) is 0 Å². The molecule has 1 spiro atoms. The third-order valence-corrected chi connectivity index (χ3v) is 3.90. The molecule has 3 aliphatic rings. The number of hydrogen-bond donors (Lipinski definition) is 0. The van der Waals surface area contributed by atoms with Crippen LogP contribution in [0.1, 0.15) is 32.6 Å². The van der Waals surface area contributed by atoms with Gasteiger partial charge in [-0.3, -0.25) is 0 Å². The summed E-state index contributed by atoms with van der Waals surface area (Å²) in [5.41, 5.74) is 1.06. The van der Waals surface area contributed by atoms with Gasteiger partial charge >= 0.3 is 0 Å². The van der Waals surface area contributed by atoms with Crippen LogP contribution >= 0.6 is 0 Å². The van der Waals surface area contributed by atoms with E-state index in [0.717, 1.165) is 32.3 Å². The molecular formula is C13H20O3. The largest absolute Gasteiger partial charge is 0.376 e. The van der Waals surface area contributed by atoms with Gasteiger partial charge in [0, 0.05) is 6.42 Å². The summed E-state index contributed by atoms with van der Waals surface area (Å²) in [4.78, 5) is 0. The van der Waals surface area contributed by atoms with E-state index in [4.69, 9.17) is 14.2 Å². The molecule has 3 aliphatic heterocycles. The zero-order chi connectivity index (χ0) is 11.2. The van der Waals surface area contributed by atoms with E-state index in [1.54, 1.807) is 0 Å². The SMILES string of the molecule is C=C(C)C[C@H]1CCC2OC3COC[C@@]2(C3)O1. The molecule has 16 heavy (non-hydrogen) atoms. The first-order valence-electron chi connectivity index (χ1n) is 6.23. The second-order valence-corrected chi connectivity index (χ2v) is 5.51. The van der Waals surface area contributed by atoms with Gasteiger partial charge in [-0.25, -0.2) is 0 Å². The highest BCUT2D eigenvalue weighted by molar-refractivity contribution is 5.05. The quantitative estimate of drug-likeness (QED) is 0.672. The highest BCUT2D eigenvalue weighted by Gasteiger charge is 2.55. The maximum absolute atomic E-state index is 6.27. The zero-order valence-electron chi connectivity index (χ0n) is 9.91. The molecule has 3 heterocycles. The summed E-state index contributed by atoms with van der Waals surface area (Å²) in [5, 5.41) is 0. The van der Waals surface area contributed by atoms with E-state index in [-0.39, 0.29) is 17.8 Å². The van der Waals surface area contributed by atoms with Gasteiger partial charge in [0.05, 0.1) is 31.5 Å². The van der Waals surface area contributed by atoms with Crippen LogP contribution < -0.4 is 0 Å². The summed E-state index contributed by atoms with van der Waals surface area (Å²) >= 11 is 0. The summed E-state index contributed by atoms with van der Waals surface area (Å²) in [6.07, 6.45) is 5.04. The van der Waals surface area contributed by atoms with Gasteiger partial charge in [0.2, 0.25) is 0 Å². The molecule has 90 valence electrons. The molecule has 0 aromatic heterocycles. The number of ether oxygens (including phenoxy) is 3. The van der Waals surface area contributed by atoms with Crippen molar-refractivity contribution in [3.63, 3.8) is 0 Å². The summed E-state index contributed by atoms with van der Waals surface area (Å²) in [7, 11) is 0. The third kappa shape index (κ3) is 1.71. The fourth-order valence-electron chi connectivity index (χ4n) is 3.28. The Morgan fingerprint density at radius 3 is 3.12 bits per heavy atom. The van der Waals surface area contributed by atoms with Crippen LogP contribution in [-0.4, -0.2) is 37.1 Å². The van der Waals surface area contributed by atoms with Gasteiger partial charge in [-0.2, -0.15) is 0 Å². The predicted molar refractivity (Wildman–Crippen MR) is 60.4 cm³/mol. The lowest BCUT2D eigenvalue weighted by atomic mass is 9.85. The Kier molecular flexibility index (Phi) is 2.57. The minimum Gasteiger partial charge on any atom is -0.376 e. The molecule has 3 fully saturated rings. The molecule has 2 unspecified atom stereocenters. The van der Waals surface area contributed by atoms with Gasteiger partial charge in [-0.05, 0) is 26.2 Å². The molecule has 3 heteroatoms. The van der Waals surface area contributed by atoms with Crippen molar-refractivity contribution >= 4 is 0 Å². The molecule has 4 atom stereocenters. The lowest BCUT2D eigenvalue weighted by Crippen LogP contribution is -2.52. The van der Waals surface area contributed by atoms with Crippen molar-refractivity contribution in [2.75, 3.05) is 13.2 Å². The van der Waals surface area contributed by atoms with E-state index in [1.165, 1.54) is 5.57 Å². The lowest BCUT2D eigenvalue weighted by molar-refractivity contribution is -0.182. The normalized spacial score (nSPS) is 46.4. The van der Waals surface area contributed by atoms with Gasteiger partial charge in [0.15, 0.2) is 0 Å². The standard InChI is InChI=1S/C13H20O3/c1-9(2)5-10-3-4-12-13(16-10)6-11(15-12)7-14-8-13/h10-12H,1,3-8H2,2H3/t10-,11?,12?,13-/m1/s1. The molecule has 2 bridgehead atoms. The third-order valence-electron chi connectivity index (χ3n) is 3.90. The van der Waals surface area contributed by atoms with E-state index in [1.807, 2.05) is 0 Å². The van der Waals surface area contributed by atoms with Gasteiger partial charge < -0.3 is 14.2 Å². The van der Waals surface area contributed by atoms with Crippen LogP contribution in [0.4, 0.5) is 0 Å². The molecule has 0 saturated carbocycles. The van der Waals surface area contributed by atoms with Crippen LogP contribution in [0.3, 0.4) is 0 Å². The average Bonchev–Trinajstić information content (AvgIpc) is 2.46. The van der Waals surface area contributed by atoms with Gasteiger partial charge in [0.1, 0.15) is 5.60 Å². The van der Waals surface area contributed by atoms with Crippen molar-refractivity contribution < 1.29 is 14.2 Å². The average molecular weight is 224 g/mol. The van der Waals surface area contributed by atoms with Gasteiger partial charge in [-0.15, -0.1) is 6.58 Å². The van der Waals surface area contributed by atoms with Crippen LogP contribution in [0.15, 0.2) is 12.2 Å². The van der Waals surface area contributed by atoms with Crippen molar-refractivity contribution in [2.45, 2.75) is 56.5 Å². The van der Waals surface area contributed by atoms with Crippen LogP contribution in [0.5, 0.6) is 0 Å². The summed E-state index contributed by atoms with van der Waals surface area (Å²) in [6, 6.07) is 0.